The first-order valence-corrected chi connectivity index (χ1v) is 11.0. The van der Waals surface area contributed by atoms with Crippen LogP contribution in [0.5, 0.6) is 11.8 Å². The fourth-order valence-electron chi connectivity index (χ4n) is 4.29. The Morgan fingerprint density at radius 3 is 2.73 bits per heavy atom. The third kappa shape index (κ3) is 3.76. The number of para-hydroxylation sites is 1. The lowest BCUT2D eigenvalue weighted by Gasteiger charge is -2.27. The first kappa shape index (κ1) is 19.7. The SMILES string of the molecule is Cn1cc(-c2cccc(Oc3nccc(N4CCOCC4)n3)c2)c2nc3ccccc3cc21. The number of hydrogen-bond donors (Lipinski definition) is 0. The minimum atomic E-state index is 0.332. The molecular weight excluding hydrogens is 414 g/mol. The van der Waals surface area contributed by atoms with Gasteiger partial charge in [-0.05, 0) is 35.9 Å². The summed E-state index contributed by atoms with van der Waals surface area (Å²) >= 11 is 0. The molecule has 0 bridgehead atoms. The van der Waals surface area contributed by atoms with Gasteiger partial charge in [-0.2, -0.15) is 4.98 Å². The molecule has 2 aromatic carbocycles. The van der Waals surface area contributed by atoms with Gasteiger partial charge in [0.05, 0.1) is 29.8 Å². The summed E-state index contributed by atoms with van der Waals surface area (Å²) in [6.45, 7) is 3.04. The second kappa shape index (κ2) is 8.18. The number of aromatic nitrogens is 4. The molecule has 0 atom stereocenters. The molecule has 1 saturated heterocycles. The molecule has 0 unspecified atom stereocenters. The molecular formula is C26H23N5O2. The highest BCUT2D eigenvalue weighted by Crippen LogP contribution is 2.33. The van der Waals surface area contributed by atoms with Crippen LogP contribution in [0.25, 0.3) is 33.1 Å². The largest absolute Gasteiger partial charge is 0.424 e. The van der Waals surface area contributed by atoms with E-state index in [-0.39, 0.29) is 0 Å². The summed E-state index contributed by atoms with van der Waals surface area (Å²) < 4.78 is 13.6. The van der Waals surface area contributed by atoms with E-state index in [1.807, 2.05) is 49.5 Å². The molecule has 0 N–H and O–H groups in total. The van der Waals surface area contributed by atoms with Gasteiger partial charge in [0.2, 0.25) is 0 Å². The Labute approximate surface area is 191 Å². The van der Waals surface area contributed by atoms with E-state index >= 15 is 0 Å². The van der Waals surface area contributed by atoms with Crippen LogP contribution >= 0.6 is 0 Å². The van der Waals surface area contributed by atoms with Crippen molar-refractivity contribution >= 4 is 27.8 Å². The molecule has 0 saturated carbocycles. The van der Waals surface area contributed by atoms with Crippen molar-refractivity contribution in [3.63, 3.8) is 0 Å². The lowest BCUT2D eigenvalue weighted by Crippen LogP contribution is -2.36. The Balaban J connectivity index is 1.34. The molecule has 4 heterocycles. The van der Waals surface area contributed by atoms with Crippen LogP contribution in [0.15, 0.2) is 73.1 Å². The zero-order chi connectivity index (χ0) is 22.2. The van der Waals surface area contributed by atoms with E-state index in [9.17, 15) is 0 Å². The Hall–Kier alpha value is -3.97. The number of aryl methyl sites for hydroxylation is 1. The van der Waals surface area contributed by atoms with Crippen molar-refractivity contribution in [1.82, 2.24) is 19.5 Å². The minimum absolute atomic E-state index is 0.332. The van der Waals surface area contributed by atoms with Crippen LogP contribution in [0.4, 0.5) is 5.82 Å². The van der Waals surface area contributed by atoms with E-state index in [1.54, 1.807) is 6.20 Å². The third-order valence-corrected chi connectivity index (χ3v) is 5.97. The summed E-state index contributed by atoms with van der Waals surface area (Å²) in [5.74, 6) is 1.54. The molecule has 0 aliphatic carbocycles. The molecule has 1 aliphatic heterocycles. The van der Waals surface area contributed by atoms with Crippen molar-refractivity contribution in [2.24, 2.45) is 7.05 Å². The molecule has 7 heteroatoms. The zero-order valence-electron chi connectivity index (χ0n) is 18.3. The highest BCUT2D eigenvalue weighted by Gasteiger charge is 2.15. The highest BCUT2D eigenvalue weighted by molar-refractivity contribution is 5.99. The van der Waals surface area contributed by atoms with Gasteiger partial charge in [-0.15, -0.1) is 0 Å². The van der Waals surface area contributed by atoms with Gasteiger partial charge in [0.25, 0.3) is 0 Å². The normalized spacial score (nSPS) is 14.2. The van der Waals surface area contributed by atoms with Gasteiger partial charge in [0, 0.05) is 43.5 Å². The number of rotatable bonds is 4. The molecule has 6 rings (SSSR count). The summed E-state index contributed by atoms with van der Waals surface area (Å²) in [7, 11) is 2.05. The number of anilines is 1. The Morgan fingerprint density at radius 1 is 0.939 bits per heavy atom. The maximum Gasteiger partial charge on any atom is 0.323 e. The van der Waals surface area contributed by atoms with Crippen LogP contribution in [0.1, 0.15) is 0 Å². The molecule has 0 radical (unpaired) electrons. The Morgan fingerprint density at radius 2 is 1.82 bits per heavy atom. The lowest BCUT2D eigenvalue weighted by atomic mass is 10.1. The summed E-state index contributed by atoms with van der Waals surface area (Å²) in [4.78, 5) is 16.0. The number of ether oxygens (including phenoxy) is 2. The van der Waals surface area contributed by atoms with Crippen LogP contribution in [-0.4, -0.2) is 45.8 Å². The predicted molar refractivity (Wildman–Crippen MR) is 129 cm³/mol. The first-order chi connectivity index (χ1) is 16.2. The minimum Gasteiger partial charge on any atom is -0.424 e. The lowest BCUT2D eigenvalue weighted by molar-refractivity contribution is 0.122. The number of benzene rings is 2. The van der Waals surface area contributed by atoms with Crippen molar-refractivity contribution in [3.05, 3.63) is 73.1 Å². The highest BCUT2D eigenvalue weighted by atomic mass is 16.5. The van der Waals surface area contributed by atoms with E-state index in [0.29, 0.717) is 25.0 Å². The van der Waals surface area contributed by atoms with Crippen LogP contribution in [0, 0.1) is 0 Å². The molecule has 7 nitrogen and oxygen atoms in total. The molecule has 164 valence electrons. The molecule has 5 aromatic rings. The summed E-state index contributed by atoms with van der Waals surface area (Å²) in [6.07, 6.45) is 3.85. The maximum absolute atomic E-state index is 6.05. The molecule has 1 fully saturated rings. The van der Waals surface area contributed by atoms with Crippen LogP contribution < -0.4 is 9.64 Å². The predicted octanol–water partition coefficient (Wildman–Crippen LogP) is 4.81. The van der Waals surface area contributed by atoms with E-state index in [2.05, 4.69) is 43.8 Å². The summed E-state index contributed by atoms with van der Waals surface area (Å²) in [5.41, 5.74) is 5.14. The van der Waals surface area contributed by atoms with E-state index in [0.717, 1.165) is 52.0 Å². The fourth-order valence-corrected chi connectivity index (χ4v) is 4.29. The number of hydrogen-bond acceptors (Lipinski definition) is 6. The topological polar surface area (TPSA) is 65.3 Å². The van der Waals surface area contributed by atoms with Gasteiger partial charge in [-0.25, -0.2) is 9.97 Å². The molecule has 0 amide bonds. The second-order valence-corrected chi connectivity index (χ2v) is 8.13. The molecule has 1 aliphatic rings. The van der Waals surface area contributed by atoms with Crippen LogP contribution in [0.3, 0.4) is 0 Å². The van der Waals surface area contributed by atoms with Gasteiger partial charge < -0.3 is 18.9 Å². The summed E-state index contributed by atoms with van der Waals surface area (Å²) in [6, 6.07) is 20.6. The van der Waals surface area contributed by atoms with E-state index in [1.165, 1.54) is 0 Å². The van der Waals surface area contributed by atoms with Gasteiger partial charge in [0.1, 0.15) is 11.6 Å². The van der Waals surface area contributed by atoms with Gasteiger partial charge >= 0.3 is 6.01 Å². The monoisotopic (exact) mass is 437 g/mol. The van der Waals surface area contributed by atoms with E-state index < -0.39 is 0 Å². The fraction of sp³-hybridized carbons (Fsp3) is 0.192. The number of morpholine rings is 1. The number of nitrogens with zero attached hydrogens (tertiary/aromatic N) is 5. The number of pyridine rings is 1. The van der Waals surface area contributed by atoms with Crippen molar-refractivity contribution in [2.75, 3.05) is 31.2 Å². The second-order valence-electron chi connectivity index (χ2n) is 8.13. The Kier molecular flexibility index (Phi) is 4.88. The van der Waals surface area contributed by atoms with Crippen molar-refractivity contribution in [2.45, 2.75) is 0 Å². The van der Waals surface area contributed by atoms with Crippen molar-refractivity contribution in [3.8, 4) is 22.9 Å². The molecule has 3 aromatic heterocycles. The van der Waals surface area contributed by atoms with Crippen molar-refractivity contribution in [1.29, 1.82) is 0 Å². The number of fused-ring (bicyclic) bond motifs is 2. The van der Waals surface area contributed by atoms with Crippen LogP contribution in [-0.2, 0) is 11.8 Å². The zero-order valence-corrected chi connectivity index (χ0v) is 18.3. The maximum atomic E-state index is 6.05. The standard InChI is InChI=1S/C26H23N5O2/c1-30-17-21(25-23(30)16-19-5-2-3-8-22(19)28-25)18-6-4-7-20(15-18)33-26-27-10-9-24(29-26)31-11-13-32-14-12-31/h2-10,15-17H,11-14H2,1H3. The third-order valence-electron chi connectivity index (χ3n) is 5.97. The Bertz CT molecular complexity index is 1460. The van der Waals surface area contributed by atoms with Crippen LogP contribution in [0.2, 0.25) is 0 Å². The van der Waals surface area contributed by atoms with Gasteiger partial charge in [-0.1, -0.05) is 30.3 Å². The summed E-state index contributed by atoms with van der Waals surface area (Å²) in [5, 5.41) is 1.13. The average Bonchev–Trinajstić information content (AvgIpc) is 3.19. The first-order valence-electron chi connectivity index (χ1n) is 11.0. The van der Waals surface area contributed by atoms with Gasteiger partial charge in [0.15, 0.2) is 0 Å². The molecule has 33 heavy (non-hydrogen) atoms. The van der Waals surface area contributed by atoms with Gasteiger partial charge in [-0.3, -0.25) is 0 Å². The van der Waals surface area contributed by atoms with E-state index in [4.69, 9.17) is 14.5 Å². The smallest absolute Gasteiger partial charge is 0.323 e. The quantitative estimate of drug-likeness (QED) is 0.402. The molecule has 0 spiro atoms. The van der Waals surface area contributed by atoms with Crippen molar-refractivity contribution < 1.29 is 9.47 Å². The average molecular weight is 438 g/mol.